The fourth-order valence-electron chi connectivity index (χ4n) is 3.14. The molecule has 3 aliphatic rings. The maximum atomic E-state index is 11.9. The third kappa shape index (κ3) is 2.38. The van der Waals surface area contributed by atoms with Crippen LogP contribution in [-0.2, 0) is 9.53 Å². The van der Waals surface area contributed by atoms with Crippen molar-refractivity contribution in [3.63, 3.8) is 0 Å². The highest BCUT2D eigenvalue weighted by atomic mass is 16.5. The number of carbonyl (C=O) groups is 1. The second-order valence-electron chi connectivity index (χ2n) is 5.33. The van der Waals surface area contributed by atoms with E-state index in [1.54, 1.807) is 0 Å². The number of carbonyl (C=O) groups excluding carboxylic acids is 1. The first-order chi connectivity index (χ1) is 8.84. The van der Waals surface area contributed by atoms with E-state index in [0.29, 0.717) is 6.04 Å². The predicted octanol–water partition coefficient (Wildman–Crippen LogP) is 0.475. The molecule has 0 aliphatic carbocycles. The monoisotopic (exact) mass is 248 g/mol. The minimum atomic E-state index is 0.0178. The van der Waals surface area contributed by atoms with Gasteiger partial charge in [0.25, 0.3) is 5.91 Å². The maximum absolute atomic E-state index is 11.9. The van der Waals surface area contributed by atoms with Gasteiger partial charge in [-0.15, -0.1) is 0 Å². The van der Waals surface area contributed by atoms with Crippen molar-refractivity contribution >= 4 is 5.91 Å². The van der Waals surface area contributed by atoms with Crippen molar-refractivity contribution in [2.24, 2.45) is 0 Å². The molecule has 3 rings (SSSR count). The molecule has 3 fully saturated rings. The zero-order chi connectivity index (χ0) is 12.4. The first-order valence-electron chi connectivity index (χ1n) is 6.98. The molecule has 3 heterocycles. The molecular weight excluding hydrogens is 228 g/mol. The molecule has 0 spiro atoms. The third-order valence-corrected chi connectivity index (χ3v) is 4.19. The molecule has 0 radical (unpaired) electrons. The normalized spacial score (nSPS) is 31.9. The largest absolute Gasteiger partial charge is 0.378 e. The van der Waals surface area contributed by atoms with Crippen LogP contribution < -0.4 is 0 Å². The van der Waals surface area contributed by atoms with Crippen molar-refractivity contribution in [2.45, 2.75) is 37.8 Å². The van der Waals surface area contributed by atoms with Gasteiger partial charge in [-0.05, 0) is 31.6 Å². The van der Waals surface area contributed by atoms with E-state index in [1.165, 1.54) is 0 Å². The Morgan fingerprint density at radius 1 is 1.17 bits per heavy atom. The molecule has 98 valence electrons. The van der Waals surface area contributed by atoms with Gasteiger partial charge < -0.3 is 9.64 Å². The van der Waals surface area contributed by atoms with Crippen LogP contribution in [0, 0.1) is 11.8 Å². The lowest BCUT2D eigenvalue weighted by Gasteiger charge is -2.31. The van der Waals surface area contributed by atoms with Crippen LogP contribution in [-0.4, -0.2) is 60.6 Å². The Morgan fingerprint density at radius 3 is 2.83 bits per heavy atom. The van der Waals surface area contributed by atoms with E-state index in [1.807, 2.05) is 4.90 Å². The second-order valence-corrected chi connectivity index (χ2v) is 5.33. The number of morpholine rings is 1. The second kappa shape index (κ2) is 5.29. The van der Waals surface area contributed by atoms with Crippen LogP contribution in [0.1, 0.15) is 25.7 Å². The van der Waals surface area contributed by atoms with E-state index in [-0.39, 0.29) is 11.9 Å². The summed E-state index contributed by atoms with van der Waals surface area (Å²) < 4.78 is 5.47. The van der Waals surface area contributed by atoms with Gasteiger partial charge in [0.15, 0.2) is 0 Å². The lowest BCUT2D eigenvalue weighted by molar-refractivity contribution is -0.124. The Hall–Kier alpha value is -1.05. The van der Waals surface area contributed by atoms with Gasteiger partial charge in [-0.3, -0.25) is 9.69 Å². The minimum absolute atomic E-state index is 0.0178. The Balaban J connectivity index is 1.60. The Kier molecular flexibility index (Phi) is 3.53. The van der Waals surface area contributed by atoms with Crippen molar-refractivity contribution in [2.75, 3.05) is 32.8 Å². The number of ether oxygens (including phenoxy) is 1. The van der Waals surface area contributed by atoms with Gasteiger partial charge in [0.05, 0.1) is 19.3 Å². The van der Waals surface area contributed by atoms with Crippen LogP contribution in [0.25, 0.3) is 0 Å². The van der Waals surface area contributed by atoms with E-state index in [0.717, 1.165) is 58.5 Å². The van der Waals surface area contributed by atoms with Crippen molar-refractivity contribution in [3.8, 4) is 11.8 Å². The average molecular weight is 248 g/mol. The number of fused-ring (bicyclic) bond motifs is 1. The van der Waals surface area contributed by atoms with Crippen molar-refractivity contribution in [3.05, 3.63) is 0 Å². The van der Waals surface area contributed by atoms with Crippen molar-refractivity contribution in [1.29, 1.82) is 0 Å². The molecule has 0 unspecified atom stereocenters. The number of hydrogen-bond donors (Lipinski definition) is 0. The van der Waals surface area contributed by atoms with Crippen LogP contribution in [0.15, 0.2) is 0 Å². The topological polar surface area (TPSA) is 32.8 Å². The number of hydrogen-bond acceptors (Lipinski definition) is 3. The molecule has 0 aromatic heterocycles. The zero-order valence-corrected chi connectivity index (χ0v) is 10.7. The summed E-state index contributed by atoms with van der Waals surface area (Å²) in [7, 11) is 0. The Morgan fingerprint density at radius 2 is 2.00 bits per heavy atom. The fraction of sp³-hybridized carbons (Fsp3) is 0.786. The number of likely N-dealkylation sites (tertiary alicyclic amines) is 1. The average Bonchev–Trinajstić information content (AvgIpc) is 3.06. The summed E-state index contributed by atoms with van der Waals surface area (Å²) in [6, 6.07) is 0.797. The quantitative estimate of drug-likeness (QED) is 0.584. The van der Waals surface area contributed by atoms with Crippen LogP contribution in [0.4, 0.5) is 0 Å². The molecule has 0 N–H and O–H groups in total. The van der Waals surface area contributed by atoms with Gasteiger partial charge in [0.1, 0.15) is 0 Å². The molecule has 18 heavy (non-hydrogen) atoms. The summed E-state index contributed by atoms with van der Waals surface area (Å²) in [6.07, 6.45) is 4.48. The molecule has 0 saturated carbocycles. The van der Waals surface area contributed by atoms with Gasteiger partial charge >= 0.3 is 0 Å². The number of amides is 1. The Labute approximate surface area is 108 Å². The van der Waals surface area contributed by atoms with Gasteiger partial charge in [-0.1, -0.05) is 5.92 Å². The highest BCUT2D eigenvalue weighted by molar-refractivity contribution is 5.93. The molecule has 1 amide bonds. The van der Waals surface area contributed by atoms with Gasteiger partial charge in [0.2, 0.25) is 0 Å². The summed E-state index contributed by atoms with van der Waals surface area (Å²) in [5.74, 6) is 6.06. The van der Waals surface area contributed by atoms with Gasteiger partial charge in [0, 0.05) is 25.7 Å². The number of nitrogens with zero attached hydrogens (tertiary/aromatic N) is 2. The summed E-state index contributed by atoms with van der Waals surface area (Å²) in [6.45, 7) is 4.37. The molecule has 0 bridgehead atoms. The van der Waals surface area contributed by atoms with E-state index in [9.17, 15) is 4.79 Å². The zero-order valence-electron chi connectivity index (χ0n) is 10.7. The highest BCUT2D eigenvalue weighted by Gasteiger charge is 2.34. The van der Waals surface area contributed by atoms with Crippen molar-refractivity contribution in [1.82, 2.24) is 9.80 Å². The fourth-order valence-corrected chi connectivity index (χ4v) is 3.14. The summed E-state index contributed by atoms with van der Waals surface area (Å²) in [5, 5.41) is 0. The smallest absolute Gasteiger partial charge is 0.298 e. The molecule has 3 aliphatic heterocycles. The van der Waals surface area contributed by atoms with Crippen LogP contribution in [0.5, 0.6) is 0 Å². The highest BCUT2D eigenvalue weighted by Crippen LogP contribution is 2.25. The lowest BCUT2D eigenvalue weighted by atomic mass is 10.2. The Bertz CT molecular complexity index is 379. The molecule has 3 saturated heterocycles. The van der Waals surface area contributed by atoms with Gasteiger partial charge in [-0.2, -0.15) is 0 Å². The minimum Gasteiger partial charge on any atom is -0.378 e. The summed E-state index contributed by atoms with van der Waals surface area (Å²) >= 11 is 0. The summed E-state index contributed by atoms with van der Waals surface area (Å²) in [5.41, 5.74) is 0. The van der Waals surface area contributed by atoms with Gasteiger partial charge in [-0.25, -0.2) is 0 Å². The molecule has 2 atom stereocenters. The third-order valence-electron chi connectivity index (χ3n) is 4.19. The lowest BCUT2D eigenvalue weighted by Crippen LogP contribution is -2.44. The predicted molar refractivity (Wildman–Crippen MR) is 67.9 cm³/mol. The van der Waals surface area contributed by atoms with E-state index in [4.69, 9.17) is 4.74 Å². The SMILES string of the molecule is O=C(C#C[C@@H]1CC[C@@H]2COCCN21)N1CCCC1. The molecule has 4 heteroatoms. The van der Waals surface area contributed by atoms with E-state index in [2.05, 4.69) is 16.7 Å². The first-order valence-corrected chi connectivity index (χ1v) is 6.98. The van der Waals surface area contributed by atoms with Crippen LogP contribution >= 0.6 is 0 Å². The van der Waals surface area contributed by atoms with E-state index >= 15 is 0 Å². The van der Waals surface area contributed by atoms with Crippen LogP contribution in [0.3, 0.4) is 0 Å². The maximum Gasteiger partial charge on any atom is 0.298 e. The standard InChI is InChI=1S/C14H20N2O2/c17-14(15-7-1-2-8-15)6-5-12-3-4-13-11-18-10-9-16(12)13/h12-13H,1-4,7-11H2/t12-,13+/m0/s1. The molecule has 0 aromatic carbocycles. The number of rotatable bonds is 0. The van der Waals surface area contributed by atoms with Crippen molar-refractivity contribution < 1.29 is 9.53 Å². The molecule has 0 aromatic rings. The molecule has 4 nitrogen and oxygen atoms in total. The first kappa shape index (κ1) is 12.0. The van der Waals surface area contributed by atoms with Crippen LogP contribution in [0.2, 0.25) is 0 Å². The summed E-state index contributed by atoms with van der Waals surface area (Å²) in [4.78, 5) is 16.2. The molecular formula is C14H20N2O2. The van der Waals surface area contributed by atoms with E-state index < -0.39 is 0 Å².